The van der Waals surface area contributed by atoms with Crippen LogP contribution in [-0.2, 0) is 0 Å². The average Bonchev–Trinajstić information content (AvgIpc) is 2.85. The Bertz CT molecular complexity index is 566. The van der Waals surface area contributed by atoms with E-state index in [0.29, 0.717) is 6.04 Å². The summed E-state index contributed by atoms with van der Waals surface area (Å²) in [6, 6.07) is 14.2. The van der Waals surface area contributed by atoms with Crippen LogP contribution in [0.3, 0.4) is 0 Å². The number of rotatable bonds is 6. The van der Waals surface area contributed by atoms with Crippen molar-refractivity contribution in [2.75, 3.05) is 6.54 Å². The van der Waals surface area contributed by atoms with Crippen molar-refractivity contribution in [2.45, 2.75) is 51.5 Å². The topological polar surface area (TPSA) is 12.0 Å². The van der Waals surface area contributed by atoms with E-state index in [1.54, 1.807) is 0 Å². The van der Waals surface area contributed by atoms with Crippen LogP contribution in [0, 0.1) is 6.92 Å². The Labute approximate surface area is 132 Å². The fraction of sp³-hybridized carbons (Fsp3) is 0.474. The molecule has 1 fully saturated rings. The van der Waals surface area contributed by atoms with Gasteiger partial charge in [-0.05, 0) is 61.9 Å². The molecule has 0 aliphatic heterocycles. The van der Waals surface area contributed by atoms with Crippen LogP contribution in [0.25, 0.3) is 0 Å². The summed E-state index contributed by atoms with van der Waals surface area (Å²) in [7, 11) is 0. The quantitative estimate of drug-likeness (QED) is 0.751. The van der Waals surface area contributed by atoms with Gasteiger partial charge in [-0.3, -0.25) is 0 Å². The van der Waals surface area contributed by atoms with Gasteiger partial charge in [-0.15, -0.1) is 11.3 Å². The first-order valence-corrected chi connectivity index (χ1v) is 8.99. The van der Waals surface area contributed by atoms with Crippen LogP contribution >= 0.6 is 11.3 Å². The molecule has 21 heavy (non-hydrogen) atoms. The molecule has 1 atom stereocenters. The predicted octanol–water partition coefficient (Wildman–Crippen LogP) is 5.41. The van der Waals surface area contributed by atoms with Gasteiger partial charge in [0.25, 0.3) is 0 Å². The van der Waals surface area contributed by atoms with Gasteiger partial charge in [-0.2, -0.15) is 0 Å². The summed E-state index contributed by atoms with van der Waals surface area (Å²) in [5.74, 6) is 0.824. The molecule has 1 N–H and O–H groups in total. The van der Waals surface area contributed by atoms with E-state index in [1.807, 2.05) is 11.3 Å². The summed E-state index contributed by atoms with van der Waals surface area (Å²) < 4.78 is 0. The van der Waals surface area contributed by atoms with Gasteiger partial charge in [-0.1, -0.05) is 37.6 Å². The first-order valence-electron chi connectivity index (χ1n) is 8.17. The highest BCUT2D eigenvalue weighted by Crippen LogP contribution is 2.37. The minimum Gasteiger partial charge on any atom is -0.306 e. The molecule has 2 aromatic rings. The van der Waals surface area contributed by atoms with E-state index < -0.39 is 0 Å². The molecule has 2 heteroatoms. The number of nitrogens with one attached hydrogen (secondary N) is 1. The molecular weight excluding hydrogens is 274 g/mol. The molecule has 0 saturated heterocycles. The van der Waals surface area contributed by atoms with E-state index in [2.05, 4.69) is 55.6 Å². The Kier molecular flexibility index (Phi) is 4.77. The lowest BCUT2D eigenvalue weighted by Gasteiger charge is -2.26. The molecule has 1 aliphatic rings. The lowest BCUT2D eigenvalue weighted by Crippen LogP contribution is -2.22. The van der Waals surface area contributed by atoms with Gasteiger partial charge in [0, 0.05) is 9.75 Å². The zero-order valence-corrected chi connectivity index (χ0v) is 13.9. The third kappa shape index (κ3) is 3.38. The van der Waals surface area contributed by atoms with E-state index >= 15 is 0 Å². The van der Waals surface area contributed by atoms with Gasteiger partial charge >= 0.3 is 0 Å². The fourth-order valence-electron chi connectivity index (χ4n) is 2.98. The van der Waals surface area contributed by atoms with Crippen molar-refractivity contribution in [3.63, 3.8) is 0 Å². The minimum atomic E-state index is 0.346. The molecule has 1 aromatic carbocycles. The molecule has 1 aromatic heterocycles. The second-order valence-corrected chi connectivity index (χ2v) is 7.45. The van der Waals surface area contributed by atoms with Crippen LogP contribution in [0.1, 0.15) is 65.4 Å². The molecule has 0 spiro atoms. The molecule has 1 saturated carbocycles. The van der Waals surface area contributed by atoms with Crippen molar-refractivity contribution in [3.8, 4) is 0 Å². The van der Waals surface area contributed by atoms with Crippen molar-refractivity contribution >= 4 is 11.3 Å². The van der Waals surface area contributed by atoms with Crippen LogP contribution < -0.4 is 5.32 Å². The van der Waals surface area contributed by atoms with Crippen LogP contribution in [-0.4, -0.2) is 6.54 Å². The number of hydrogen-bond acceptors (Lipinski definition) is 2. The highest BCUT2D eigenvalue weighted by molar-refractivity contribution is 7.12. The van der Waals surface area contributed by atoms with E-state index in [-0.39, 0.29) is 0 Å². The van der Waals surface area contributed by atoms with E-state index in [4.69, 9.17) is 0 Å². The smallest absolute Gasteiger partial charge is 0.0671 e. The van der Waals surface area contributed by atoms with Crippen molar-refractivity contribution in [2.24, 2.45) is 0 Å². The maximum absolute atomic E-state index is 3.70. The van der Waals surface area contributed by atoms with E-state index in [9.17, 15) is 0 Å². The van der Waals surface area contributed by atoms with Crippen molar-refractivity contribution in [3.05, 3.63) is 57.3 Å². The summed E-state index contributed by atoms with van der Waals surface area (Å²) >= 11 is 1.90. The third-order valence-corrected chi connectivity index (χ3v) is 5.56. The zero-order chi connectivity index (χ0) is 14.7. The maximum atomic E-state index is 3.70. The van der Waals surface area contributed by atoms with Gasteiger partial charge in [0.15, 0.2) is 0 Å². The first kappa shape index (κ1) is 14.8. The number of benzene rings is 1. The van der Waals surface area contributed by atoms with Gasteiger partial charge in [-0.25, -0.2) is 0 Å². The Morgan fingerprint density at radius 1 is 1.14 bits per heavy atom. The number of aryl methyl sites for hydroxylation is 1. The maximum Gasteiger partial charge on any atom is 0.0671 e. The Hall–Kier alpha value is -1.12. The normalized spacial score (nSPS) is 16.7. The highest BCUT2D eigenvalue weighted by Gasteiger charge is 2.20. The van der Waals surface area contributed by atoms with Crippen LogP contribution in [0.2, 0.25) is 0 Å². The molecule has 0 amide bonds. The second-order valence-electron chi connectivity index (χ2n) is 6.13. The Morgan fingerprint density at radius 3 is 2.43 bits per heavy atom. The van der Waals surface area contributed by atoms with Crippen LogP contribution in [0.4, 0.5) is 0 Å². The molecule has 112 valence electrons. The summed E-state index contributed by atoms with van der Waals surface area (Å²) in [5, 5.41) is 3.70. The molecule has 1 nitrogen and oxygen atoms in total. The first-order chi connectivity index (χ1) is 10.3. The summed E-state index contributed by atoms with van der Waals surface area (Å²) in [4.78, 5) is 2.82. The van der Waals surface area contributed by atoms with E-state index in [1.165, 1.54) is 46.6 Å². The number of hydrogen-bond donors (Lipinski definition) is 1. The second kappa shape index (κ2) is 6.76. The van der Waals surface area contributed by atoms with Crippen LogP contribution in [0.5, 0.6) is 0 Å². The summed E-state index contributed by atoms with van der Waals surface area (Å²) in [6.07, 6.45) is 5.32. The Morgan fingerprint density at radius 2 is 1.90 bits per heavy atom. The lowest BCUT2D eigenvalue weighted by atomic mass is 9.80. The molecule has 1 heterocycles. The third-order valence-electron chi connectivity index (χ3n) is 4.49. The Balaban J connectivity index is 1.81. The SMILES string of the molecule is CCCNC(c1ccc(C2CCC2)cc1)c1ccc(C)s1. The summed E-state index contributed by atoms with van der Waals surface area (Å²) in [5.41, 5.74) is 2.93. The lowest BCUT2D eigenvalue weighted by molar-refractivity contribution is 0.419. The van der Waals surface area contributed by atoms with Crippen LogP contribution in [0.15, 0.2) is 36.4 Å². The molecule has 1 unspecified atom stereocenters. The van der Waals surface area contributed by atoms with Gasteiger partial charge in [0.1, 0.15) is 0 Å². The monoisotopic (exact) mass is 299 g/mol. The molecular formula is C19H25NS. The predicted molar refractivity (Wildman–Crippen MR) is 92.2 cm³/mol. The minimum absolute atomic E-state index is 0.346. The molecule has 1 aliphatic carbocycles. The molecule has 0 bridgehead atoms. The van der Waals surface area contributed by atoms with Crippen molar-refractivity contribution in [1.29, 1.82) is 0 Å². The largest absolute Gasteiger partial charge is 0.306 e. The van der Waals surface area contributed by atoms with Gasteiger partial charge < -0.3 is 5.32 Å². The van der Waals surface area contributed by atoms with E-state index in [0.717, 1.165) is 12.5 Å². The van der Waals surface area contributed by atoms with Gasteiger partial charge in [0.05, 0.1) is 6.04 Å². The molecule has 0 radical (unpaired) electrons. The zero-order valence-electron chi connectivity index (χ0n) is 13.1. The van der Waals surface area contributed by atoms with Gasteiger partial charge in [0.2, 0.25) is 0 Å². The molecule has 3 rings (SSSR count). The number of thiophene rings is 1. The highest BCUT2D eigenvalue weighted by atomic mass is 32.1. The van der Waals surface area contributed by atoms with Crippen molar-refractivity contribution in [1.82, 2.24) is 5.32 Å². The average molecular weight is 299 g/mol. The fourth-order valence-corrected chi connectivity index (χ4v) is 3.96. The standard InChI is InChI=1S/C19H25NS/c1-3-13-20-19(18-12-7-14(2)21-18)17-10-8-16(9-11-17)15-5-4-6-15/h7-12,15,19-20H,3-6,13H2,1-2H3. The summed E-state index contributed by atoms with van der Waals surface area (Å²) in [6.45, 7) is 5.47. The van der Waals surface area contributed by atoms with Crippen molar-refractivity contribution < 1.29 is 0 Å².